The first kappa shape index (κ1) is 17.4. The molecular weight excluding hydrogens is 369 g/mol. The van der Waals surface area contributed by atoms with E-state index in [4.69, 9.17) is 0 Å². The van der Waals surface area contributed by atoms with Gasteiger partial charge in [-0.25, -0.2) is 5.26 Å². The smallest absolute Gasteiger partial charge is 0.0482 e. The van der Waals surface area contributed by atoms with Crippen molar-refractivity contribution in [3.05, 3.63) is 77.8 Å². The first-order chi connectivity index (χ1) is 11.2. The van der Waals surface area contributed by atoms with Gasteiger partial charge in [0.25, 0.3) is 0 Å². The normalized spacial score (nSPS) is 22.5. The van der Waals surface area contributed by atoms with Gasteiger partial charge in [0.2, 0.25) is 0 Å². The largest absolute Gasteiger partial charge is 0.350 e. The number of nitriles is 1. The first-order valence-electron chi connectivity index (χ1n) is 8.00. The van der Waals surface area contributed by atoms with Crippen LogP contribution in [0.3, 0.4) is 0 Å². The molecule has 3 atom stereocenters. The van der Waals surface area contributed by atoms with Crippen molar-refractivity contribution in [3.8, 4) is 6.07 Å². The molecule has 1 radical (unpaired) electrons. The molecule has 0 saturated carbocycles. The summed E-state index contributed by atoms with van der Waals surface area (Å²) in [6.45, 7) is 2.17. The minimum absolute atomic E-state index is 0. The molecule has 4 rings (SSSR count). The van der Waals surface area contributed by atoms with Gasteiger partial charge in [0.15, 0.2) is 0 Å². The molecule has 1 heterocycles. The maximum absolute atomic E-state index is 9.63. The molecule has 1 aliphatic rings. The summed E-state index contributed by atoms with van der Waals surface area (Å²) in [5, 5.41) is 10.9. The third-order valence-corrected chi connectivity index (χ3v) is 5.10. The van der Waals surface area contributed by atoms with E-state index in [1.54, 1.807) is 0 Å². The van der Waals surface area contributed by atoms with Gasteiger partial charge in [-0.3, -0.25) is 0 Å². The van der Waals surface area contributed by atoms with E-state index in [2.05, 4.69) is 67.4 Å². The standard InChI is InChI=1S/C21H18N2.Y/c1-14-16(13-22)12-18(15-8-4-3-5-9-15)21-20(14)17-10-6-7-11-19(17)23(21)2;/h3-8,10-12,14,16,18H,1-2H3;/q-2;. The molecule has 3 unspecified atom stereocenters. The van der Waals surface area contributed by atoms with Crippen LogP contribution in [0.1, 0.15) is 35.6 Å². The number of para-hydroxylation sites is 1. The fraction of sp³-hybridized carbons (Fsp3) is 0.238. The number of hydrogen-bond acceptors (Lipinski definition) is 1. The molecule has 0 bridgehead atoms. The zero-order valence-corrected chi connectivity index (χ0v) is 16.7. The van der Waals surface area contributed by atoms with Crippen LogP contribution in [0.25, 0.3) is 10.9 Å². The third-order valence-electron chi connectivity index (χ3n) is 5.10. The molecule has 1 aromatic heterocycles. The van der Waals surface area contributed by atoms with Gasteiger partial charge in [0.1, 0.15) is 0 Å². The number of aromatic nitrogens is 1. The minimum Gasteiger partial charge on any atom is -0.350 e. The zero-order chi connectivity index (χ0) is 16.0. The van der Waals surface area contributed by atoms with Crippen molar-refractivity contribution in [1.82, 2.24) is 4.57 Å². The number of rotatable bonds is 1. The van der Waals surface area contributed by atoms with Crippen LogP contribution in [0.2, 0.25) is 0 Å². The van der Waals surface area contributed by atoms with E-state index in [0.717, 1.165) is 5.56 Å². The van der Waals surface area contributed by atoms with Crippen molar-refractivity contribution in [3.63, 3.8) is 0 Å². The molecule has 2 nitrogen and oxygen atoms in total. The molecule has 117 valence electrons. The van der Waals surface area contributed by atoms with E-state index in [0.29, 0.717) is 0 Å². The second-order valence-electron chi connectivity index (χ2n) is 6.31. The molecule has 0 N–H and O–H groups in total. The number of fused-ring (bicyclic) bond motifs is 3. The SMILES string of the molecule is CC1c2c(n(C)c3ccccc23)C(c2[c-]cccc2)[CH-]C1C#N.[Y]. The van der Waals surface area contributed by atoms with E-state index in [1.165, 1.54) is 22.2 Å². The molecule has 0 fully saturated rings. The summed E-state index contributed by atoms with van der Waals surface area (Å²) in [6.07, 6.45) is 2.19. The van der Waals surface area contributed by atoms with Crippen LogP contribution in [0.15, 0.2) is 48.5 Å². The molecule has 0 saturated heterocycles. The zero-order valence-electron chi connectivity index (χ0n) is 13.9. The average Bonchev–Trinajstić information content (AvgIpc) is 2.90. The maximum atomic E-state index is 9.63. The Balaban J connectivity index is 0.00000169. The fourth-order valence-electron chi connectivity index (χ4n) is 3.95. The molecule has 0 amide bonds. The molecule has 0 spiro atoms. The molecular formula is C21H18N2Y-2. The van der Waals surface area contributed by atoms with Gasteiger partial charge >= 0.3 is 0 Å². The first-order valence-corrected chi connectivity index (χ1v) is 8.00. The summed E-state index contributed by atoms with van der Waals surface area (Å²) >= 11 is 0. The summed E-state index contributed by atoms with van der Waals surface area (Å²) in [5.41, 5.74) is 4.98. The summed E-state index contributed by atoms with van der Waals surface area (Å²) in [4.78, 5) is 0. The van der Waals surface area contributed by atoms with E-state index in [1.807, 2.05) is 18.2 Å². The Morgan fingerprint density at radius 2 is 1.92 bits per heavy atom. The van der Waals surface area contributed by atoms with Crippen LogP contribution >= 0.6 is 0 Å². The number of aryl methyl sites for hydroxylation is 1. The summed E-state index contributed by atoms with van der Waals surface area (Å²) in [7, 11) is 2.13. The Kier molecular flexibility index (Phi) is 4.95. The van der Waals surface area contributed by atoms with Crippen LogP contribution in [-0.2, 0) is 39.8 Å². The van der Waals surface area contributed by atoms with Crippen LogP contribution < -0.4 is 0 Å². The topological polar surface area (TPSA) is 28.7 Å². The molecule has 0 aliphatic heterocycles. The maximum Gasteiger partial charge on any atom is 0.0482 e. The minimum atomic E-state index is -0.0769. The van der Waals surface area contributed by atoms with Crippen LogP contribution in [0, 0.1) is 29.7 Å². The Morgan fingerprint density at radius 1 is 1.17 bits per heavy atom. The molecule has 1 aliphatic carbocycles. The van der Waals surface area contributed by atoms with Crippen molar-refractivity contribution in [2.75, 3.05) is 0 Å². The van der Waals surface area contributed by atoms with E-state index in [-0.39, 0.29) is 50.5 Å². The van der Waals surface area contributed by atoms with Crippen molar-refractivity contribution < 1.29 is 32.7 Å². The summed E-state index contributed by atoms with van der Waals surface area (Å²) < 4.78 is 2.29. The second kappa shape index (κ2) is 6.83. The van der Waals surface area contributed by atoms with Gasteiger partial charge in [-0.1, -0.05) is 31.0 Å². The van der Waals surface area contributed by atoms with Gasteiger partial charge in [-0.15, -0.1) is 5.92 Å². The number of nitrogens with zero attached hydrogens (tertiary/aromatic N) is 2. The Bertz CT molecular complexity index is 905. The number of benzene rings is 2. The van der Waals surface area contributed by atoms with Crippen molar-refractivity contribution in [2.45, 2.75) is 18.8 Å². The van der Waals surface area contributed by atoms with Crippen LogP contribution in [0.5, 0.6) is 0 Å². The molecule has 24 heavy (non-hydrogen) atoms. The van der Waals surface area contributed by atoms with Crippen molar-refractivity contribution in [1.29, 1.82) is 5.26 Å². The number of hydrogen-bond donors (Lipinski definition) is 0. The quantitative estimate of drug-likeness (QED) is 0.563. The predicted molar refractivity (Wildman–Crippen MR) is 91.9 cm³/mol. The summed E-state index contributed by atoms with van der Waals surface area (Å²) in [5.74, 6) is 0.248. The third kappa shape index (κ3) is 2.55. The second-order valence-corrected chi connectivity index (χ2v) is 6.31. The fourth-order valence-corrected chi connectivity index (χ4v) is 3.95. The summed E-state index contributed by atoms with van der Waals surface area (Å²) in [6, 6.07) is 22.4. The van der Waals surface area contributed by atoms with E-state index >= 15 is 0 Å². The van der Waals surface area contributed by atoms with Gasteiger partial charge < -0.3 is 11.0 Å². The predicted octanol–water partition coefficient (Wildman–Crippen LogP) is 4.57. The monoisotopic (exact) mass is 387 g/mol. The molecule has 3 heteroatoms. The Hall–Kier alpha value is -1.43. The van der Waals surface area contributed by atoms with Gasteiger partial charge in [-0.2, -0.15) is 35.9 Å². The van der Waals surface area contributed by atoms with Gasteiger partial charge in [0.05, 0.1) is 0 Å². The van der Waals surface area contributed by atoms with Gasteiger partial charge in [0, 0.05) is 56.7 Å². The van der Waals surface area contributed by atoms with E-state index in [9.17, 15) is 5.26 Å². The van der Waals surface area contributed by atoms with E-state index < -0.39 is 0 Å². The Labute approximate surface area is 168 Å². The van der Waals surface area contributed by atoms with Crippen LogP contribution in [-0.4, -0.2) is 4.57 Å². The molecule has 3 aromatic rings. The van der Waals surface area contributed by atoms with Crippen molar-refractivity contribution in [2.24, 2.45) is 13.0 Å². The Morgan fingerprint density at radius 3 is 2.62 bits per heavy atom. The van der Waals surface area contributed by atoms with Crippen LogP contribution in [0.4, 0.5) is 0 Å². The molecule has 2 aromatic carbocycles. The average molecular weight is 387 g/mol. The van der Waals surface area contributed by atoms with Gasteiger partial charge in [-0.05, 0) is 23.2 Å². The van der Waals surface area contributed by atoms with Crippen molar-refractivity contribution >= 4 is 10.9 Å².